The third kappa shape index (κ3) is 7.65. The molecule has 5 rings (SSSR count). The van der Waals surface area contributed by atoms with Gasteiger partial charge in [-0.2, -0.15) is 0 Å². The maximum Gasteiger partial charge on any atom is 0.119 e. The van der Waals surface area contributed by atoms with Gasteiger partial charge in [0.05, 0.1) is 7.11 Å². The van der Waals surface area contributed by atoms with E-state index in [1.54, 1.807) is 7.11 Å². The molecule has 0 atom stereocenters. The van der Waals surface area contributed by atoms with Gasteiger partial charge in [0.1, 0.15) is 5.75 Å². The summed E-state index contributed by atoms with van der Waals surface area (Å²) in [6.45, 7) is 2.12. The van der Waals surface area contributed by atoms with Crippen LogP contribution in [0.2, 0.25) is 0 Å². The molecule has 206 valence electrons. The van der Waals surface area contributed by atoms with Crippen molar-refractivity contribution in [1.29, 1.82) is 0 Å². The zero-order valence-corrected chi connectivity index (χ0v) is 24.1. The molecule has 0 aliphatic rings. The molecule has 0 bridgehead atoms. The maximum atomic E-state index is 5.48. The van der Waals surface area contributed by atoms with E-state index in [2.05, 4.69) is 145 Å². The van der Waals surface area contributed by atoms with Crippen molar-refractivity contribution in [2.75, 3.05) is 12.0 Å². The molecule has 42 heavy (non-hydrogen) atoms. The Kier molecular flexibility index (Phi) is 9.63. The van der Waals surface area contributed by atoms with E-state index in [4.69, 9.17) is 4.74 Å². The second-order valence-electron chi connectivity index (χ2n) is 9.93. The summed E-state index contributed by atoms with van der Waals surface area (Å²) in [4.78, 5) is 2.29. The Morgan fingerprint density at radius 2 is 0.881 bits per heavy atom. The van der Waals surface area contributed by atoms with Crippen molar-refractivity contribution >= 4 is 41.4 Å². The number of aryl methyl sites for hydroxylation is 1. The number of hydrogen-bond donors (Lipinski definition) is 0. The van der Waals surface area contributed by atoms with E-state index in [0.717, 1.165) is 39.5 Å². The monoisotopic (exact) mass is 545 g/mol. The van der Waals surface area contributed by atoms with Crippen molar-refractivity contribution in [3.05, 3.63) is 180 Å². The Morgan fingerprint density at radius 3 is 1.26 bits per heavy atom. The van der Waals surface area contributed by atoms with Gasteiger partial charge < -0.3 is 9.64 Å². The van der Waals surface area contributed by atoms with Gasteiger partial charge in [-0.15, -0.1) is 0 Å². The smallest absolute Gasteiger partial charge is 0.119 e. The van der Waals surface area contributed by atoms with Crippen LogP contribution in [0.4, 0.5) is 17.1 Å². The molecule has 0 saturated carbocycles. The molecule has 0 heterocycles. The largest absolute Gasteiger partial charge is 0.497 e. The lowest BCUT2D eigenvalue weighted by atomic mass is 10.1. The van der Waals surface area contributed by atoms with Crippen LogP contribution >= 0.6 is 0 Å². The molecular weight excluding hydrogens is 510 g/mol. The predicted octanol–water partition coefficient (Wildman–Crippen LogP) is 10.9. The number of benzene rings is 5. The van der Waals surface area contributed by atoms with Crippen LogP contribution in [0.5, 0.6) is 5.75 Å². The summed E-state index contributed by atoms with van der Waals surface area (Å²) in [5, 5.41) is 0. The third-order valence-corrected chi connectivity index (χ3v) is 6.92. The first kappa shape index (κ1) is 28.2. The average molecular weight is 546 g/mol. The zero-order chi connectivity index (χ0) is 29.0. The Balaban J connectivity index is 1.37. The van der Waals surface area contributed by atoms with Crippen molar-refractivity contribution < 1.29 is 4.74 Å². The number of rotatable bonds is 10. The highest BCUT2D eigenvalue weighted by atomic mass is 16.5. The normalized spacial score (nSPS) is 11.7. The standard InChI is InChI=1S/C40H35NO/c1-32-31-39(42-2)29-30-40(32)41(37-25-21-35(22-26-37)19-11-9-17-33-13-5-3-6-14-33)38-27-23-36(24-28-38)20-12-10-18-34-15-7-4-8-16-34/h3-31H,1-2H3. The van der Waals surface area contributed by atoms with Crippen LogP contribution in [0.25, 0.3) is 24.3 Å². The quantitative estimate of drug-likeness (QED) is 0.162. The summed E-state index contributed by atoms with van der Waals surface area (Å²) in [6, 6.07) is 44.2. The van der Waals surface area contributed by atoms with Gasteiger partial charge in [0.2, 0.25) is 0 Å². The average Bonchev–Trinajstić information content (AvgIpc) is 3.04. The van der Waals surface area contributed by atoms with Crippen molar-refractivity contribution in [3.63, 3.8) is 0 Å². The van der Waals surface area contributed by atoms with Crippen LogP contribution in [0.3, 0.4) is 0 Å². The number of anilines is 3. The molecule has 0 radical (unpaired) electrons. The van der Waals surface area contributed by atoms with E-state index in [1.807, 2.05) is 42.5 Å². The van der Waals surface area contributed by atoms with E-state index >= 15 is 0 Å². The molecule has 0 aliphatic carbocycles. The van der Waals surface area contributed by atoms with Gasteiger partial charge in [-0.1, -0.05) is 134 Å². The van der Waals surface area contributed by atoms with E-state index in [-0.39, 0.29) is 0 Å². The molecule has 0 spiro atoms. The predicted molar refractivity (Wildman–Crippen MR) is 181 cm³/mol. The first-order valence-electron chi connectivity index (χ1n) is 14.1. The second kappa shape index (κ2) is 14.3. The van der Waals surface area contributed by atoms with Gasteiger partial charge in [0.15, 0.2) is 0 Å². The minimum absolute atomic E-state index is 0.851. The molecule has 0 aliphatic heterocycles. The Labute approximate surface area is 249 Å². The molecule has 5 aromatic carbocycles. The summed E-state index contributed by atoms with van der Waals surface area (Å²) in [7, 11) is 1.70. The molecule has 5 aromatic rings. The van der Waals surface area contributed by atoms with Gasteiger partial charge in [-0.05, 0) is 77.2 Å². The summed E-state index contributed by atoms with van der Waals surface area (Å²) in [5.41, 5.74) is 9.10. The lowest BCUT2D eigenvalue weighted by molar-refractivity contribution is 0.414. The number of hydrogen-bond acceptors (Lipinski definition) is 2. The fourth-order valence-electron chi connectivity index (χ4n) is 4.70. The number of nitrogens with zero attached hydrogens (tertiary/aromatic N) is 1. The first-order valence-corrected chi connectivity index (χ1v) is 14.1. The molecule has 0 amide bonds. The van der Waals surface area contributed by atoms with Gasteiger partial charge in [-0.3, -0.25) is 0 Å². The SMILES string of the molecule is COc1ccc(N(c2ccc(C=CC=Cc3ccccc3)cc2)c2ccc(C=CC=Cc3ccccc3)cc2)c(C)c1. The van der Waals surface area contributed by atoms with Gasteiger partial charge in [0, 0.05) is 17.1 Å². The number of methoxy groups -OCH3 is 1. The van der Waals surface area contributed by atoms with Crippen molar-refractivity contribution in [2.24, 2.45) is 0 Å². The Bertz CT molecular complexity index is 1570. The summed E-state index contributed by atoms with van der Waals surface area (Å²) in [5.74, 6) is 0.851. The summed E-state index contributed by atoms with van der Waals surface area (Å²) >= 11 is 0. The molecule has 2 nitrogen and oxygen atoms in total. The minimum atomic E-state index is 0.851. The molecule has 0 saturated heterocycles. The first-order chi connectivity index (χ1) is 20.7. The van der Waals surface area contributed by atoms with Crippen LogP contribution in [0.1, 0.15) is 27.8 Å². The minimum Gasteiger partial charge on any atom is -0.497 e. The van der Waals surface area contributed by atoms with Gasteiger partial charge in [-0.25, -0.2) is 0 Å². The van der Waals surface area contributed by atoms with E-state index in [1.165, 1.54) is 11.1 Å². The molecule has 2 heteroatoms. The van der Waals surface area contributed by atoms with E-state index in [0.29, 0.717) is 0 Å². The van der Waals surface area contributed by atoms with Crippen LogP contribution in [0.15, 0.2) is 152 Å². The van der Waals surface area contributed by atoms with Gasteiger partial charge >= 0.3 is 0 Å². The third-order valence-electron chi connectivity index (χ3n) is 6.92. The number of ether oxygens (including phenoxy) is 1. The van der Waals surface area contributed by atoms with Crippen LogP contribution in [-0.4, -0.2) is 7.11 Å². The molecule has 0 aromatic heterocycles. The van der Waals surface area contributed by atoms with Crippen LogP contribution in [0, 0.1) is 6.92 Å². The summed E-state index contributed by atoms with van der Waals surface area (Å²) < 4.78 is 5.48. The highest BCUT2D eigenvalue weighted by Gasteiger charge is 2.15. The molecule has 0 unspecified atom stereocenters. The Morgan fingerprint density at radius 1 is 0.476 bits per heavy atom. The lowest BCUT2D eigenvalue weighted by Gasteiger charge is -2.27. The maximum absolute atomic E-state index is 5.48. The fraction of sp³-hybridized carbons (Fsp3) is 0.0500. The highest BCUT2D eigenvalue weighted by molar-refractivity contribution is 5.80. The molecule has 0 fully saturated rings. The Hall–Kier alpha value is -5.34. The number of allylic oxidation sites excluding steroid dienone is 4. The van der Waals surface area contributed by atoms with Crippen molar-refractivity contribution in [2.45, 2.75) is 6.92 Å². The molecule has 0 N–H and O–H groups in total. The fourth-order valence-corrected chi connectivity index (χ4v) is 4.70. The van der Waals surface area contributed by atoms with Gasteiger partial charge in [0.25, 0.3) is 0 Å². The van der Waals surface area contributed by atoms with Crippen molar-refractivity contribution in [1.82, 2.24) is 0 Å². The summed E-state index contributed by atoms with van der Waals surface area (Å²) in [6.07, 6.45) is 16.8. The molecular formula is C40H35NO. The van der Waals surface area contributed by atoms with Crippen LogP contribution < -0.4 is 9.64 Å². The zero-order valence-electron chi connectivity index (χ0n) is 24.1. The second-order valence-corrected chi connectivity index (χ2v) is 9.93. The topological polar surface area (TPSA) is 12.5 Å². The van der Waals surface area contributed by atoms with E-state index < -0.39 is 0 Å². The van der Waals surface area contributed by atoms with E-state index in [9.17, 15) is 0 Å². The van der Waals surface area contributed by atoms with Crippen LogP contribution in [-0.2, 0) is 0 Å². The van der Waals surface area contributed by atoms with Crippen molar-refractivity contribution in [3.8, 4) is 5.75 Å². The lowest BCUT2D eigenvalue weighted by Crippen LogP contribution is -2.11. The highest BCUT2D eigenvalue weighted by Crippen LogP contribution is 2.38.